The first kappa shape index (κ1) is 47.4. The lowest BCUT2D eigenvalue weighted by Crippen LogP contribution is -2.41. The van der Waals surface area contributed by atoms with Gasteiger partial charge in [0.2, 0.25) is 0 Å². The van der Waals surface area contributed by atoms with Gasteiger partial charge in [-0.1, -0.05) is 80.4 Å². The van der Waals surface area contributed by atoms with Crippen LogP contribution in [-0.2, 0) is 22.3 Å². The standard InChI is InChI=1S/C18H27NO2.C18H23NO2.C13H19N.ClH/c2*1-5-14-6-8-15(9-7-14)16-10-12-19(13-11-16)17(20)21-18(2,3)4;1-2-11-3-5-12(6-4-11)13-7-9-14-10-8-13;/h6-9,16H,5,10-13H2,1-4H3;1,6-9,16H,10-13H2,2-4H3;3-6,13-14H,2,7-10H2,1H3;1H. The number of amides is 2. The number of likely N-dealkylation sites (tertiary alicyclic amines) is 2. The van der Waals surface area contributed by atoms with E-state index in [4.69, 9.17) is 15.9 Å². The first-order chi connectivity index (χ1) is 26.7. The molecular formula is C49H70ClN3O4. The van der Waals surface area contributed by atoms with Gasteiger partial charge < -0.3 is 24.6 Å². The number of rotatable bonds is 5. The number of nitrogens with one attached hydrogen (secondary N) is 1. The van der Waals surface area contributed by atoms with Crippen molar-refractivity contribution in [1.29, 1.82) is 0 Å². The summed E-state index contributed by atoms with van der Waals surface area (Å²) in [5, 5.41) is 3.41. The van der Waals surface area contributed by atoms with Gasteiger partial charge in [-0.2, -0.15) is 0 Å². The molecule has 0 spiro atoms. The Hall–Kier alpha value is -3.99. The van der Waals surface area contributed by atoms with Gasteiger partial charge in [-0.05, 0) is 164 Å². The zero-order chi connectivity index (χ0) is 40.7. The van der Waals surface area contributed by atoms with E-state index in [0.29, 0.717) is 11.8 Å². The van der Waals surface area contributed by atoms with Crippen LogP contribution in [0.1, 0.15) is 145 Å². The maximum atomic E-state index is 12.0. The molecule has 0 bridgehead atoms. The second kappa shape index (κ2) is 22.8. The van der Waals surface area contributed by atoms with E-state index in [-0.39, 0.29) is 24.6 Å². The molecule has 312 valence electrons. The van der Waals surface area contributed by atoms with Gasteiger partial charge in [0.05, 0.1) is 0 Å². The van der Waals surface area contributed by atoms with Crippen LogP contribution in [0.2, 0.25) is 0 Å². The highest BCUT2D eigenvalue weighted by Crippen LogP contribution is 2.30. The van der Waals surface area contributed by atoms with E-state index in [1.807, 2.05) is 58.6 Å². The summed E-state index contributed by atoms with van der Waals surface area (Å²) >= 11 is 0. The highest BCUT2D eigenvalue weighted by molar-refractivity contribution is 5.85. The topological polar surface area (TPSA) is 71.1 Å². The molecule has 6 rings (SSSR count). The van der Waals surface area contributed by atoms with Gasteiger partial charge in [0, 0.05) is 31.7 Å². The molecule has 7 nitrogen and oxygen atoms in total. The molecule has 1 N–H and O–H groups in total. The molecule has 3 fully saturated rings. The zero-order valence-electron chi connectivity index (χ0n) is 36.1. The molecule has 3 saturated heterocycles. The Balaban J connectivity index is 0.000000232. The van der Waals surface area contributed by atoms with Crippen molar-refractivity contribution in [1.82, 2.24) is 15.1 Å². The third kappa shape index (κ3) is 16.1. The van der Waals surface area contributed by atoms with Crippen LogP contribution >= 0.6 is 12.4 Å². The molecule has 0 radical (unpaired) electrons. The summed E-state index contributed by atoms with van der Waals surface area (Å²) < 4.78 is 10.8. The molecule has 0 unspecified atom stereocenters. The fourth-order valence-corrected chi connectivity index (χ4v) is 7.50. The first-order valence-corrected chi connectivity index (χ1v) is 21.1. The Bertz CT molecular complexity index is 1670. The van der Waals surface area contributed by atoms with Crippen LogP contribution in [-0.4, -0.2) is 72.5 Å². The zero-order valence-corrected chi connectivity index (χ0v) is 36.9. The molecule has 0 atom stereocenters. The van der Waals surface area contributed by atoms with Crippen molar-refractivity contribution in [3.8, 4) is 12.3 Å². The second-order valence-corrected chi connectivity index (χ2v) is 17.5. The van der Waals surface area contributed by atoms with Crippen LogP contribution in [0.3, 0.4) is 0 Å². The van der Waals surface area contributed by atoms with Crippen molar-refractivity contribution < 1.29 is 19.1 Å². The number of ether oxygens (including phenoxy) is 2. The Morgan fingerprint density at radius 2 is 0.912 bits per heavy atom. The van der Waals surface area contributed by atoms with E-state index in [1.165, 1.54) is 53.7 Å². The van der Waals surface area contributed by atoms with Gasteiger partial charge in [-0.15, -0.1) is 18.8 Å². The molecule has 3 aliphatic heterocycles. The molecule has 0 aromatic heterocycles. The van der Waals surface area contributed by atoms with Crippen molar-refractivity contribution in [3.05, 3.63) is 106 Å². The predicted molar refractivity (Wildman–Crippen MR) is 238 cm³/mol. The number of hydrogen-bond acceptors (Lipinski definition) is 5. The monoisotopic (exact) mass is 800 g/mol. The fourth-order valence-electron chi connectivity index (χ4n) is 7.50. The third-order valence-electron chi connectivity index (χ3n) is 10.9. The van der Waals surface area contributed by atoms with Gasteiger partial charge >= 0.3 is 12.2 Å². The molecule has 3 aromatic rings. The van der Waals surface area contributed by atoms with E-state index < -0.39 is 11.2 Å². The molecule has 2 amide bonds. The van der Waals surface area contributed by atoms with Crippen LogP contribution in [0.5, 0.6) is 0 Å². The summed E-state index contributed by atoms with van der Waals surface area (Å²) in [5.41, 5.74) is 7.12. The van der Waals surface area contributed by atoms with Crippen LogP contribution in [0.25, 0.3) is 0 Å². The van der Waals surface area contributed by atoms with Crippen LogP contribution < -0.4 is 5.32 Å². The number of terminal acetylenes is 1. The highest BCUT2D eigenvalue weighted by atomic mass is 35.5. The van der Waals surface area contributed by atoms with Crippen molar-refractivity contribution in [2.75, 3.05) is 39.3 Å². The van der Waals surface area contributed by atoms with Crippen molar-refractivity contribution >= 4 is 24.6 Å². The van der Waals surface area contributed by atoms with E-state index in [9.17, 15) is 9.59 Å². The highest BCUT2D eigenvalue weighted by Gasteiger charge is 2.29. The lowest BCUT2D eigenvalue weighted by atomic mass is 9.89. The SMILES string of the molecule is C#Cc1ccc(C2CCN(C(=O)OC(C)(C)C)CC2)cc1.CCc1ccc(C2CCN(C(=O)OC(C)(C)C)CC2)cc1.CCc1ccc(C2CCNCC2)cc1.Cl. The lowest BCUT2D eigenvalue weighted by molar-refractivity contribution is 0.0194. The molecule has 0 aliphatic carbocycles. The Labute approximate surface area is 351 Å². The summed E-state index contributed by atoms with van der Waals surface area (Å²) in [6.07, 6.45) is 13.8. The Morgan fingerprint density at radius 3 is 1.21 bits per heavy atom. The van der Waals surface area contributed by atoms with Crippen molar-refractivity contribution in [3.63, 3.8) is 0 Å². The predicted octanol–water partition coefficient (Wildman–Crippen LogP) is 11.3. The number of piperidine rings is 3. The van der Waals surface area contributed by atoms with Crippen molar-refractivity contribution in [2.45, 2.75) is 136 Å². The number of hydrogen-bond donors (Lipinski definition) is 1. The van der Waals surface area contributed by atoms with Crippen molar-refractivity contribution in [2.24, 2.45) is 0 Å². The molecule has 3 aromatic carbocycles. The molecule has 3 heterocycles. The summed E-state index contributed by atoms with van der Waals surface area (Å²) in [7, 11) is 0. The minimum Gasteiger partial charge on any atom is -0.444 e. The van der Waals surface area contributed by atoms with Gasteiger partial charge in [0.15, 0.2) is 0 Å². The normalized spacial score (nSPS) is 16.8. The number of nitrogens with zero attached hydrogens (tertiary/aromatic N) is 2. The van der Waals surface area contributed by atoms with E-state index in [2.05, 4.69) is 85.7 Å². The number of aryl methyl sites for hydroxylation is 2. The summed E-state index contributed by atoms with van der Waals surface area (Å²) in [6, 6.07) is 26.3. The van der Waals surface area contributed by atoms with E-state index in [1.54, 1.807) is 4.90 Å². The van der Waals surface area contributed by atoms with Gasteiger partial charge in [0.1, 0.15) is 11.2 Å². The maximum Gasteiger partial charge on any atom is 0.410 e. The second-order valence-electron chi connectivity index (χ2n) is 17.5. The van der Waals surface area contributed by atoms with Gasteiger partial charge in [-0.25, -0.2) is 9.59 Å². The minimum atomic E-state index is -0.432. The minimum absolute atomic E-state index is 0. The summed E-state index contributed by atoms with van der Waals surface area (Å²) in [5.74, 6) is 4.49. The Kier molecular flexibility index (Phi) is 19.0. The van der Waals surface area contributed by atoms with E-state index in [0.717, 1.165) is 76.2 Å². The van der Waals surface area contributed by atoms with Crippen LogP contribution in [0.4, 0.5) is 9.59 Å². The maximum absolute atomic E-state index is 12.0. The first-order valence-electron chi connectivity index (χ1n) is 21.1. The molecule has 8 heteroatoms. The molecule has 3 aliphatic rings. The van der Waals surface area contributed by atoms with Crippen LogP contribution in [0.15, 0.2) is 72.8 Å². The molecule has 0 saturated carbocycles. The van der Waals surface area contributed by atoms with Crippen LogP contribution in [0, 0.1) is 12.3 Å². The third-order valence-corrected chi connectivity index (χ3v) is 10.9. The average molecular weight is 801 g/mol. The molecule has 57 heavy (non-hydrogen) atoms. The number of halogens is 1. The smallest absolute Gasteiger partial charge is 0.410 e. The lowest BCUT2D eigenvalue weighted by Gasteiger charge is -2.33. The summed E-state index contributed by atoms with van der Waals surface area (Å²) in [6.45, 7) is 21.2. The van der Waals surface area contributed by atoms with Gasteiger partial charge in [-0.3, -0.25) is 0 Å². The number of carbonyl (C=O) groups excluding carboxylic acids is 2. The quantitative estimate of drug-likeness (QED) is 0.260. The average Bonchev–Trinajstić information content (AvgIpc) is 3.20. The largest absolute Gasteiger partial charge is 0.444 e. The van der Waals surface area contributed by atoms with Gasteiger partial charge in [0.25, 0.3) is 0 Å². The number of carbonyl (C=O) groups is 2. The Morgan fingerprint density at radius 1 is 0.596 bits per heavy atom. The van der Waals surface area contributed by atoms with E-state index >= 15 is 0 Å². The summed E-state index contributed by atoms with van der Waals surface area (Å²) in [4.78, 5) is 27.7. The molecular weight excluding hydrogens is 730 g/mol. The number of benzene rings is 3. The fraction of sp³-hybridized carbons (Fsp3) is 0.551.